The second-order valence-electron chi connectivity index (χ2n) is 7.72. The summed E-state index contributed by atoms with van der Waals surface area (Å²) in [5.74, 6) is -0.195. The van der Waals surface area contributed by atoms with Crippen LogP contribution < -0.4 is 5.32 Å². The minimum atomic E-state index is -0.195. The fourth-order valence-electron chi connectivity index (χ4n) is 3.77. The summed E-state index contributed by atoms with van der Waals surface area (Å²) in [4.78, 5) is 18.0. The molecule has 0 atom stereocenters. The number of rotatable bonds is 5. The van der Waals surface area contributed by atoms with Crippen molar-refractivity contribution in [1.29, 1.82) is 0 Å². The number of benzene rings is 3. The standard InChI is InChI=1S/C28H22N4O/c1-20-25-18-23(19-29-27(25)32(31-20)24-15-9-4-10-16-24)30-28(33)26(22-13-7-3-8-14-22)17-21-11-5-2-6-12-21/h2-19H,1H3,(H,30,33)/b26-17-. The lowest BCUT2D eigenvalue weighted by Crippen LogP contribution is -2.14. The smallest absolute Gasteiger partial charge is 0.256 e. The molecule has 5 rings (SSSR count). The predicted octanol–water partition coefficient (Wildman–Crippen LogP) is 5.91. The van der Waals surface area contributed by atoms with Crippen LogP contribution in [0.3, 0.4) is 0 Å². The molecule has 0 bridgehead atoms. The number of aryl methyl sites for hydroxylation is 1. The van der Waals surface area contributed by atoms with Gasteiger partial charge in [-0.05, 0) is 42.3 Å². The first-order valence-corrected chi connectivity index (χ1v) is 10.7. The Bertz CT molecular complexity index is 1440. The van der Waals surface area contributed by atoms with E-state index >= 15 is 0 Å². The van der Waals surface area contributed by atoms with E-state index in [1.54, 1.807) is 6.20 Å². The molecule has 5 heteroatoms. The Labute approximate surface area is 192 Å². The van der Waals surface area contributed by atoms with E-state index in [1.807, 2.05) is 115 Å². The van der Waals surface area contributed by atoms with Crippen molar-refractivity contribution in [2.24, 2.45) is 0 Å². The first-order chi connectivity index (χ1) is 16.2. The van der Waals surface area contributed by atoms with Gasteiger partial charge in [-0.25, -0.2) is 9.67 Å². The SMILES string of the molecule is Cc1nn(-c2ccccc2)c2ncc(NC(=O)/C(=C\c3ccccc3)c3ccccc3)cc12. The van der Waals surface area contributed by atoms with Crippen LogP contribution in [0.2, 0.25) is 0 Å². The number of pyridine rings is 1. The maximum atomic E-state index is 13.3. The number of para-hydroxylation sites is 1. The molecule has 1 N–H and O–H groups in total. The third kappa shape index (κ3) is 4.29. The molecule has 0 aliphatic rings. The summed E-state index contributed by atoms with van der Waals surface area (Å²) in [7, 11) is 0. The number of nitrogens with one attached hydrogen (secondary N) is 1. The molecular weight excluding hydrogens is 408 g/mol. The topological polar surface area (TPSA) is 59.8 Å². The normalized spacial score (nSPS) is 11.5. The second-order valence-corrected chi connectivity index (χ2v) is 7.72. The van der Waals surface area contributed by atoms with Crippen molar-refractivity contribution in [3.05, 3.63) is 120 Å². The van der Waals surface area contributed by atoms with Crippen LogP contribution in [0.25, 0.3) is 28.4 Å². The van der Waals surface area contributed by atoms with E-state index in [-0.39, 0.29) is 5.91 Å². The summed E-state index contributed by atoms with van der Waals surface area (Å²) in [5, 5.41) is 8.56. The Morgan fingerprint density at radius 2 is 1.52 bits per heavy atom. The van der Waals surface area contributed by atoms with E-state index < -0.39 is 0 Å². The van der Waals surface area contributed by atoms with Gasteiger partial charge in [-0.2, -0.15) is 5.10 Å². The molecule has 1 amide bonds. The summed E-state index contributed by atoms with van der Waals surface area (Å²) in [6.07, 6.45) is 3.57. The van der Waals surface area contributed by atoms with Gasteiger partial charge in [0.05, 0.1) is 23.3 Å². The average Bonchev–Trinajstić information content (AvgIpc) is 3.20. The number of aromatic nitrogens is 3. The third-order valence-corrected chi connectivity index (χ3v) is 5.41. The highest BCUT2D eigenvalue weighted by atomic mass is 16.1. The number of carbonyl (C=O) groups excluding carboxylic acids is 1. The van der Waals surface area contributed by atoms with Gasteiger partial charge in [0.2, 0.25) is 0 Å². The van der Waals surface area contributed by atoms with Crippen molar-refractivity contribution in [3.63, 3.8) is 0 Å². The van der Waals surface area contributed by atoms with Crippen LogP contribution in [0, 0.1) is 6.92 Å². The Balaban J connectivity index is 1.49. The number of fused-ring (bicyclic) bond motifs is 1. The van der Waals surface area contributed by atoms with Crippen LogP contribution in [-0.4, -0.2) is 20.7 Å². The Morgan fingerprint density at radius 3 is 2.21 bits per heavy atom. The van der Waals surface area contributed by atoms with Crippen molar-refractivity contribution >= 4 is 34.3 Å². The zero-order valence-corrected chi connectivity index (χ0v) is 18.1. The summed E-state index contributed by atoms with van der Waals surface area (Å²) in [6, 6.07) is 31.3. The monoisotopic (exact) mass is 430 g/mol. The van der Waals surface area contributed by atoms with Crippen LogP contribution in [0.1, 0.15) is 16.8 Å². The van der Waals surface area contributed by atoms with E-state index in [0.29, 0.717) is 11.3 Å². The fraction of sp³-hybridized carbons (Fsp3) is 0.0357. The van der Waals surface area contributed by atoms with Crippen molar-refractivity contribution in [1.82, 2.24) is 14.8 Å². The Kier molecular flexibility index (Phi) is 5.52. The molecule has 2 aromatic heterocycles. The molecule has 0 unspecified atom stereocenters. The highest BCUT2D eigenvalue weighted by molar-refractivity contribution is 6.29. The molecule has 5 aromatic rings. The van der Waals surface area contributed by atoms with Crippen molar-refractivity contribution < 1.29 is 4.79 Å². The molecule has 0 saturated carbocycles. The predicted molar refractivity (Wildman–Crippen MR) is 133 cm³/mol. The van der Waals surface area contributed by atoms with Gasteiger partial charge < -0.3 is 5.32 Å². The molecule has 0 fully saturated rings. The third-order valence-electron chi connectivity index (χ3n) is 5.41. The molecule has 3 aromatic carbocycles. The van der Waals surface area contributed by atoms with Crippen molar-refractivity contribution in [3.8, 4) is 5.69 Å². The van der Waals surface area contributed by atoms with Crippen LogP contribution in [0.4, 0.5) is 5.69 Å². The molecule has 0 spiro atoms. The van der Waals surface area contributed by atoms with Gasteiger partial charge in [-0.1, -0.05) is 78.9 Å². The van der Waals surface area contributed by atoms with Gasteiger partial charge in [-0.3, -0.25) is 4.79 Å². The molecule has 0 radical (unpaired) electrons. The number of nitrogens with zero attached hydrogens (tertiary/aromatic N) is 3. The average molecular weight is 431 g/mol. The van der Waals surface area contributed by atoms with Crippen LogP contribution in [0.5, 0.6) is 0 Å². The number of hydrogen-bond donors (Lipinski definition) is 1. The van der Waals surface area contributed by atoms with Crippen LogP contribution in [0.15, 0.2) is 103 Å². The number of anilines is 1. The largest absolute Gasteiger partial charge is 0.321 e. The Morgan fingerprint density at radius 1 is 0.879 bits per heavy atom. The van der Waals surface area contributed by atoms with Gasteiger partial charge in [0.25, 0.3) is 5.91 Å². The summed E-state index contributed by atoms with van der Waals surface area (Å²) in [6.45, 7) is 1.94. The van der Waals surface area contributed by atoms with Gasteiger partial charge in [0.1, 0.15) is 0 Å². The number of amides is 1. The summed E-state index contributed by atoms with van der Waals surface area (Å²) >= 11 is 0. The first kappa shape index (κ1) is 20.4. The van der Waals surface area contributed by atoms with E-state index in [2.05, 4.69) is 15.4 Å². The molecule has 0 aliphatic carbocycles. The minimum Gasteiger partial charge on any atom is -0.321 e. The van der Waals surface area contributed by atoms with Gasteiger partial charge in [0, 0.05) is 11.0 Å². The maximum Gasteiger partial charge on any atom is 0.256 e. The summed E-state index contributed by atoms with van der Waals surface area (Å²) in [5.41, 5.74) is 5.55. The van der Waals surface area contributed by atoms with Gasteiger partial charge >= 0.3 is 0 Å². The molecule has 5 nitrogen and oxygen atoms in total. The molecule has 33 heavy (non-hydrogen) atoms. The lowest BCUT2D eigenvalue weighted by Gasteiger charge is -2.10. The van der Waals surface area contributed by atoms with Gasteiger partial charge in [-0.15, -0.1) is 0 Å². The molecule has 0 saturated heterocycles. The number of hydrogen-bond acceptors (Lipinski definition) is 3. The van der Waals surface area contributed by atoms with Crippen LogP contribution >= 0.6 is 0 Å². The van der Waals surface area contributed by atoms with E-state index in [1.165, 1.54) is 0 Å². The van der Waals surface area contributed by atoms with E-state index in [4.69, 9.17) is 0 Å². The molecular formula is C28H22N4O. The molecule has 0 aliphatic heterocycles. The molecule has 2 heterocycles. The Hall–Kier alpha value is -4.51. The summed E-state index contributed by atoms with van der Waals surface area (Å²) < 4.78 is 1.82. The first-order valence-electron chi connectivity index (χ1n) is 10.7. The lowest BCUT2D eigenvalue weighted by atomic mass is 10.0. The van der Waals surface area contributed by atoms with Crippen molar-refractivity contribution in [2.45, 2.75) is 6.92 Å². The number of carbonyl (C=O) groups is 1. The highest BCUT2D eigenvalue weighted by Gasteiger charge is 2.15. The zero-order valence-electron chi connectivity index (χ0n) is 18.1. The lowest BCUT2D eigenvalue weighted by molar-refractivity contribution is -0.111. The fourth-order valence-corrected chi connectivity index (χ4v) is 3.77. The van der Waals surface area contributed by atoms with E-state index in [9.17, 15) is 4.79 Å². The molecule has 160 valence electrons. The second kappa shape index (κ2) is 8.93. The minimum absolute atomic E-state index is 0.195. The highest BCUT2D eigenvalue weighted by Crippen LogP contribution is 2.25. The van der Waals surface area contributed by atoms with Crippen molar-refractivity contribution in [2.75, 3.05) is 5.32 Å². The van der Waals surface area contributed by atoms with E-state index in [0.717, 1.165) is 33.5 Å². The zero-order chi connectivity index (χ0) is 22.6. The van der Waals surface area contributed by atoms with Crippen LogP contribution in [-0.2, 0) is 4.79 Å². The van der Waals surface area contributed by atoms with Gasteiger partial charge in [0.15, 0.2) is 5.65 Å². The quantitative estimate of drug-likeness (QED) is 0.279. The maximum absolute atomic E-state index is 13.3.